The number of carboxylic acids is 2. The molecule has 0 fully saturated rings. The van der Waals surface area contributed by atoms with E-state index in [1.54, 1.807) is 19.2 Å². The summed E-state index contributed by atoms with van der Waals surface area (Å²) in [5, 5.41) is 28.3. The van der Waals surface area contributed by atoms with Gasteiger partial charge in [-0.25, -0.2) is 27.8 Å². The number of rotatable bonds is 8. The molecule has 204 valence electrons. The van der Waals surface area contributed by atoms with Crippen LogP contribution in [-0.4, -0.2) is 47.5 Å². The number of para-hydroxylation sites is 1. The molecule has 0 aliphatic rings. The first-order valence-electron chi connectivity index (χ1n) is 11.6. The number of sulfonamides is 1. The van der Waals surface area contributed by atoms with Crippen molar-refractivity contribution in [1.82, 2.24) is 15.1 Å². The van der Waals surface area contributed by atoms with Crippen molar-refractivity contribution in [2.24, 2.45) is 5.14 Å². The maximum atomic E-state index is 11.5. The minimum atomic E-state index is -3.71. The fourth-order valence-corrected chi connectivity index (χ4v) is 4.09. The quantitative estimate of drug-likeness (QED) is 0.239. The molecule has 12 heteroatoms. The minimum Gasteiger partial charge on any atom is -0.497 e. The third kappa shape index (κ3) is 7.98. The summed E-state index contributed by atoms with van der Waals surface area (Å²) in [6.07, 6.45) is 2.03. The molecule has 0 aliphatic carbocycles. The molecule has 39 heavy (non-hydrogen) atoms. The number of aromatic nitrogens is 2. The number of carbonyl (C=O) groups is 2. The largest absolute Gasteiger partial charge is 0.497 e. The Morgan fingerprint density at radius 2 is 1.56 bits per heavy atom. The lowest BCUT2D eigenvalue weighted by atomic mass is 10.1. The molecular weight excluding hydrogens is 524 g/mol. The summed E-state index contributed by atoms with van der Waals surface area (Å²) in [6, 6.07) is 24.4. The monoisotopic (exact) mass is 552 g/mol. The lowest BCUT2D eigenvalue weighted by Crippen LogP contribution is -2.18. The van der Waals surface area contributed by atoms with Gasteiger partial charge < -0.3 is 20.3 Å². The lowest BCUT2D eigenvalue weighted by Gasteiger charge is -2.15. The van der Waals surface area contributed by atoms with Crippen molar-refractivity contribution in [3.8, 4) is 22.7 Å². The number of aliphatic carboxylic acids is 2. The second-order valence-corrected chi connectivity index (χ2v) is 9.90. The predicted molar refractivity (Wildman–Crippen MR) is 144 cm³/mol. The van der Waals surface area contributed by atoms with Crippen molar-refractivity contribution >= 4 is 22.0 Å². The molecule has 0 spiro atoms. The number of benzene rings is 3. The zero-order chi connectivity index (χ0) is 28.6. The van der Waals surface area contributed by atoms with Crippen molar-refractivity contribution in [3.05, 3.63) is 96.2 Å². The van der Waals surface area contributed by atoms with Gasteiger partial charge in [0.05, 0.1) is 23.4 Å². The van der Waals surface area contributed by atoms with Crippen LogP contribution in [0.5, 0.6) is 5.75 Å². The first-order chi connectivity index (χ1) is 18.5. The molecule has 0 aliphatic heterocycles. The number of hydrogen-bond acceptors (Lipinski definition) is 7. The number of nitrogens with one attached hydrogen (secondary N) is 1. The molecule has 4 aromatic rings. The Bertz CT molecular complexity index is 1510. The molecule has 11 nitrogen and oxygen atoms in total. The van der Waals surface area contributed by atoms with Crippen LogP contribution in [0.4, 0.5) is 0 Å². The van der Waals surface area contributed by atoms with E-state index in [1.807, 2.05) is 72.4 Å². The second-order valence-electron chi connectivity index (χ2n) is 8.34. The molecule has 3 aromatic carbocycles. The number of nitrogens with zero attached hydrogens (tertiary/aromatic N) is 2. The molecular formula is C27H28N4O7S. The molecule has 5 N–H and O–H groups in total. The van der Waals surface area contributed by atoms with E-state index in [0.29, 0.717) is 6.54 Å². The van der Waals surface area contributed by atoms with Gasteiger partial charge in [0, 0.05) is 29.9 Å². The Balaban J connectivity index is 0.000000631. The Labute approximate surface area is 225 Å². The van der Waals surface area contributed by atoms with Crippen molar-refractivity contribution in [2.75, 3.05) is 7.11 Å². The molecule has 0 saturated carbocycles. The predicted octanol–water partition coefficient (Wildman–Crippen LogP) is 3.20. The zero-order valence-corrected chi connectivity index (χ0v) is 22.0. The Morgan fingerprint density at radius 1 is 0.974 bits per heavy atom. The van der Waals surface area contributed by atoms with E-state index in [4.69, 9.17) is 34.8 Å². The van der Waals surface area contributed by atoms with Crippen LogP contribution in [0, 0.1) is 0 Å². The highest BCUT2D eigenvalue weighted by atomic mass is 32.2. The highest BCUT2D eigenvalue weighted by Gasteiger charge is 2.15. The van der Waals surface area contributed by atoms with Gasteiger partial charge in [-0.2, -0.15) is 5.10 Å². The number of nitrogens with two attached hydrogens (primary N) is 1. The van der Waals surface area contributed by atoms with E-state index in [1.165, 1.54) is 12.1 Å². The molecule has 1 aromatic heterocycles. The van der Waals surface area contributed by atoms with Gasteiger partial charge in [-0.1, -0.05) is 30.3 Å². The maximum absolute atomic E-state index is 11.5. The van der Waals surface area contributed by atoms with E-state index in [9.17, 15) is 8.42 Å². The van der Waals surface area contributed by atoms with Crippen LogP contribution < -0.4 is 15.2 Å². The fourth-order valence-electron chi connectivity index (χ4n) is 3.57. The average Bonchev–Trinajstić information content (AvgIpc) is 3.36. The van der Waals surface area contributed by atoms with Crippen LogP contribution in [0.1, 0.15) is 24.1 Å². The van der Waals surface area contributed by atoms with Crippen molar-refractivity contribution in [2.45, 2.75) is 24.4 Å². The summed E-state index contributed by atoms with van der Waals surface area (Å²) in [5.41, 5.74) is 4.85. The maximum Gasteiger partial charge on any atom is 0.414 e. The summed E-state index contributed by atoms with van der Waals surface area (Å²) in [5.74, 6) is -2.86. The minimum absolute atomic E-state index is 0.0108. The van der Waals surface area contributed by atoms with Crippen molar-refractivity contribution < 1.29 is 33.0 Å². The van der Waals surface area contributed by atoms with Crippen molar-refractivity contribution in [3.63, 3.8) is 0 Å². The second kappa shape index (κ2) is 12.8. The van der Waals surface area contributed by atoms with Gasteiger partial charge in [0.1, 0.15) is 5.75 Å². The third-order valence-electron chi connectivity index (χ3n) is 5.66. The molecule has 0 amide bonds. The summed E-state index contributed by atoms with van der Waals surface area (Å²) >= 11 is 0. The number of hydrogen-bond donors (Lipinski definition) is 4. The third-order valence-corrected chi connectivity index (χ3v) is 6.59. The normalized spacial score (nSPS) is 11.7. The van der Waals surface area contributed by atoms with Crippen LogP contribution >= 0.6 is 0 Å². The number of ether oxygens (including phenoxy) is 1. The summed E-state index contributed by atoms with van der Waals surface area (Å²) < 4.78 is 30.2. The first-order valence-corrected chi connectivity index (χ1v) is 13.1. The summed E-state index contributed by atoms with van der Waals surface area (Å²) in [6.45, 7) is 2.60. The van der Waals surface area contributed by atoms with Gasteiger partial charge in [0.25, 0.3) is 0 Å². The molecule has 0 bridgehead atoms. The topological polar surface area (TPSA) is 174 Å². The Hall–Kier alpha value is -4.52. The molecule has 4 rings (SSSR count). The average molecular weight is 553 g/mol. The van der Waals surface area contributed by atoms with Crippen LogP contribution in [0.2, 0.25) is 0 Å². The fraction of sp³-hybridized carbons (Fsp3) is 0.148. The van der Waals surface area contributed by atoms with E-state index in [-0.39, 0.29) is 10.9 Å². The van der Waals surface area contributed by atoms with Gasteiger partial charge in [0.15, 0.2) is 0 Å². The van der Waals surface area contributed by atoms with Crippen LogP contribution in [0.3, 0.4) is 0 Å². The van der Waals surface area contributed by atoms with E-state index in [0.717, 1.165) is 33.8 Å². The standard InChI is InChI=1S/C25H26N4O3S.C2H2O4/c1-18(19-10-14-24(15-11-19)33(26,30)31)27-16-21-17-29(22-6-4-3-5-7-22)28-25(21)20-8-12-23(32-2)13-9-20;3-1(4)2(5)6/h3-15,17-18,27H,16H2,1-2H3,(H2,26,30,31);(H,3,4)(H,5,6). The summed E-state index contributed by atoms with van der Waals surface area (Å²) in [7, 11) is -2.06. The Morgan fingerprint density at radius 3 is 2.08 bits per heavy atom. The molecule has 0 radical (unpaired) electrons. The molecule has 1 atom stereocenters. The van der Waals surface area contributed by atoms with Gasteiger partial charge >= 0.3 is 11.9 Å². The van der Waals surface area contributed by atoms with Crippen molar-refractivity contribution in [1.29, 1.82) is 0 Å². The Kier molecular flexibility index (Phi) is 9.55. The van der Waals surface area contributed by atoms with Crippen LogP contribution in [0.15, 0.2) is 90.0 Å². The van der Waals surface area contributed by atoms with E-state index >= 15 is 0 Å². The molecule has 1 heterocycles. The highest BCUT2D eigenvalue weighted by molar-refractivity contribution is 7.89. The molecule has 0 saturated heterocycles. The molecule has 1 unspecified atom stereocenters. The smallest absolute Gasteiger partial charge is 0.414 e. The lowest BCUT2D eigenvalue weighted by molar-refractivity contribution is -0.159. The summed E-state index contributed by atoms with van der Waals surface area (Å²) in [4.78, 5) is 18.3. The van der Waals surface area contributed by atoms with Crippen LogP contribution in [0.25, 0.3) is 16.9 Å². The number of methoxy groups -OCH3 is 1. The van der Waals surface area contributed by atoms with Gasteiger partial charge in [-0.05, 0) is 61.0 Å². The SMILES string of the molecule is COc1ccc(-c2nn(-c3ccccc3)cc2CNC(C)c2ccc(S(N)(=O)=O)cc2)cc1.O=C(O)C(=O)O. The van der Waals surface area contributed by atoms with Gasteiger partial charge in [-0.15, -0.1) is 0 Å². The number of carboxylic acid groups (broad SMARTS) is 2. The van der Waals surface area contributed by atoms with Gasteiger partial charge in [0.2, 0.25) is 10.0 Å². The van der Waals surface area contributed by atoms with E-state index in [2.05, 4.69) is 5.32 Å². The van der Waals surface area contributed by atoms with Gasteiger partial charge in [-0.3, -0.25) is 0 Å². The number of primary sulfonamides is 1. The zero-order valence-electron chi connectivity index (χ0n) is 21.2. The first kappa shape index (κ1) is 29.0. The highest BCUT2D eigenvalue weighted by Crippen LogP contribution is 2.26. The van der Waals surface area contributed by atoms with E-state index < -0.39 is 22.0 Å². The van der Waals surface area contributed by atoms with Crippen LogP contribution in [-0.2, 0) is 26.2 Å².